The summed E-state index contributed by atoms with van der Waals surface area (Å²) in [5.74, 6) is -2.70. The van der Waals surface area contributed by atoms with Gasteiger partial charge in [-0.15, -0.1) is 5.06 Å². The van der Waals surface area contributed by atoms with Crippen molar-refractivity contribution >= 4 is 39.8 Å². The van der Waals surface area contributed by atoms with Crippen LogP contribution in [0, 0.1) is 11.8 Å². The third-order valence-corrected chi connectivity index (χ3v) is 12.8. The van der Waals surface area contributed by atoms with Crippen molar-refractivity contribution in [2.75, 3.05) is 0 Å². The first kappa shape index (κ1) is 30.1. The predicted molar refractivity (Wildman–Crippen MR) is 148 cm³/mol. The van der Waals surface area contributed by atoms with Gasteiger partial charge >= 0.3 is 5.97 Å². The van der Waals surface area contributed by atoms with E-state index in [4.69, 9.17) is 17.1 Å². The molecule has 1 aromatic rings. The Labute approximate surface area is 228 Å². The van der Waals surface area contributed by atoms with Gasteiger partial charge in [0.15, 0.2) is 14.1 Å². The molecule has 38 heavy (non-hydrogen) atoms. The Morgan fingerprint density at radius 3 is 2.26 bits per heavy atom. The Balaban J connectivity index is 1.88. The van der Waals surface area contributed by atoms with E-state index in [1.54, 1.807) is 0 Å². The SMILES string of the molecule is [B]C(=O)NC(Cc1ccccc1)[C@@H](CC1CCCC[C@@H]1C(=O)ON1C(=O)CCC1=O)O[Si](C)(C)C(C)(C)C. The van der Waals surface area contributed by atoms with E-state index in [1.807, 2.05) is 30.3 Å². The number of carbonyl (C=O) groups is 4. The standard InChI is InChI=1S/C28H41BN2O6Si/c1-28(2,3)38(4,5)37-23(22(30-27(29)35)17-19-11-7-6-8-12-19)18-20-13-9-10-14-21(20)26(34)36-31-24(32)15-16-25(31)33/h6-8,11-12,20-23H,9-10,13-18H2,1-5H3,(H,30,35)/t20?,21-,22?,23+/m0/s1. The highest BCUT2D eigenvalue weighted by molar-refractivity contribution is 6.74. The fraction of sp³-hybridized carbons (Fsp3) is 0.643. The van der Waals surface area contributed by atoms with E-state index in [9.17, 15) is 19.2 Å². The lowest BCUT2D eigenvalue weighted by Gasteiger charge is -2.43. The molecule has 3 rings (SSSR count). The van der Waals surface area contributed by atoms with E-state index < -0.39 is 50.0 Å². The second-order valence-corrected chi connectivity index (χ2v) is 16.9. The van der Waals surface area contributed by atoms with Gasteiger partial charge in [-0.1, -0.05) is 63.9 Å². The molecule has 206 valence electrons. The van der Waals surface area contributed by atoms with Crippen LogP contribution in [-0.4, -0.2) is 57.0 Å². The first-order valence-corrected chi connectivity index (χ1v) is 16.5. The van der Waals surface area contributed by atoms with Crippen molar-refractivity contribution < 1.29 is 28.4 Å². The molecular formula is C28H41BN2O6Si. The highest BCUT2D eigenvalue weighted by Gasteiger charge is 2.44. The number of hydrogen-bond acceptors (Lipinski definition) is 6. The number of carbonyl (C=O) groups excluding carboxylic acids is 4. The van der Waals surface area contributed by atoms with Crippen molar-refractivity contribution in [1.82, 2.24) is 10.4 Å². The van der Waals surface area contributed by atoms with Crippen LogP contribution < -0.4 is 5.32 Å². The molecule has 2 fully saturated rings. The average molecular weight is 541 g/mol. The quantitative estimate of drug-likeness (QED) is 0.342. The summed E-state index contributed by atoms with van der Waals surface area (Å²) < 4.78 is 6.93. The lowest BCUT2D eigenvalue weighted by atomic mass is 9.75. The van der Waals surface area contributed by atoms with Crippen LogP contribution in [0.5, 0.6) is 0 Å². The monoisotopic (exact) mass is 540 g/mol. The van der Waals surface area contributed by atoms with E-state index in [0.29, 0.717) is 24.3 Å². The van der Waals surface area contributed by atoms with E-state index in [1.165, 1.54) is 0 Å². The molecule has 1 heterocycles. The largest absolute Gasteiger partial charge is 0.412 e. The summed E-state index contributed by atoms with van der Waals surface area (Å²) in [5, 5.41) is 3.49. The molecule has 0 bridgehead atoms. The Morgan fingerprint density at radius 2 is 1.68 bits per heavy atom. The van der Waals surface area contributed by atoms with E-state index in [2.05, 4.69) is 39.2 Å². The van der Waals surface area contributed by atoms with Crippen molar-refractivity contribution in [3.8, 4) is 0 Å². The summed E-state index contributed by atoms with van der Waals surface area (Å²) >= 11 is 0. The number of hydroxylamine groups is 2. The summed E-state index contributed by atoms with van der Waals surface area (Å²) in [4.78, 5) is 54.8. The number of hydrogen-bond donors (Lipinski definition) is 1. The number of amides is 3. The Bertz CT molecular complexity index is 996. The van der Waals surface area contributed by atoms with Crippen LogP contribution in [0.2, 0.25) is 18.1 Å². The molecule has 2 unspecified atom stereocenters. The minimum atomic E-state index is -2.29. The smallest absolute Gasteiger partial charge is 0.336 e. The first-order valence-electron chi connectivity index (χ1n) is 13.6. The second kappa shape index (κ2) is 12.6. The molecule has 1 N–H and O–H groups in total. The highest BCUT2D eigenvalue weighted by Crippen LogP contribution is 2.41. The maximum absolute atomic E-state index is 13.2. The molecule has 0 aromatic heterocycles. The van der Waals surface area contributed by atoms with Crippen LogP contribution in [0.4, 0.5) is 4.79 Å². The molecule has 2 aliphatic rings. The van der Waals surface area contributed by atoms with Crippen LogP contribution in [0.3, 0.4) is 0 Å². The fourth-order valence-electron chi connectivity index (χ4n) is 5.09. The zero-order chi connectivity index (χ0) is 28.1. The van der Waals surface area contributed by atoms with Gasteiger partial charge in [0.05, 0.1) is 18.1 Å². The number of nitrogens with one attached hydrogen (secondary N) is 1. The summed E-state index contributed by atoms with van der Waals surface area (Å²) in [6.45, 7) is 10.8. The minimum absolute atomic E-state index is 0.0581. The molecule has 1 saturated heterocycles. The second-order valence-electron chi connectivity index (χ2n) is 12.1. The van der Waals surface area contributed by atoms with Crippen molar-refractivity contribution in [3.63, 3.8) is 0 Å². The van der Waals surface area contributed by atoms with Crippen molar-refractivity contribution in [2.45, 2.75) is 102 Å². The molecule has 1 aliphatic carbocycles. The van der Waals surface area contributed by atoms with Crippen LogP contribution in [0.1, 0.15) is 71.3 Å². The molecule has 1 aromatic carbocycles. The number of benzene rings is 1. The maximum atomic E-state index is 13.2. The lowest BCUT2D eigenvalue weighted by Crippen LogP contribution is -2.53. The zero-order valence-electron chi connectivity index (χ0n) is 23.3. The Morgan fingerprint density at radius 1 is 1.08 bits per heavy atom. The molecule has 1 saturated carbocycles. The van der Waals surface area contributed by atoms with Gasteiger partial charge in [-0.2, -0.15) is 0 Å². The average Bonchev–Trinajstić information content (AvgIpc) is 3.15. The zero-order valence-corrected chi connectivity index (χ0v) is 24.3. The molecule has 10 heteroatoms. The van der Waals surface area contributed by atoms with E-state index in [-0.39, 0.29) is 23.8 Å². The molecular weight excluding hydrogens is 499 g/mol. The van der Waals surface area contributed by atoms with Gasteiger partial charge in [-0.05, 0) is 55.3 Å². The predicted octanol–water partition coefficient (Wildman–Crippen LogP) is 4.67. The van der Waals surface area contributed by atoms with Gasteiger partial charge in [0.25, 0.3) is 11.8 Å². The van der Waals surface area contributed by atoms with Gasteiger partial charge in [-0.3, -0.25) is 14.4 Å². The normalized spacial score (nSPS) is 22.2. The van der Waals surface area contributed by atoms with Crippen molar-refractivity contribution in [1.29, 1.82) is 0 Å². The van der Waals surface area contributed by atoms with Gasteiger partial charge in [0, 0.05) is 12.8 Å². The van der Waals surface area contributed by atoms with Crippen LogP contribution in [0.15, 0.2) is 30.3 Å². The van der Waals surface area contributed by atoms with Crippen LogP contribution >= 0.6 is 0 Å². The van der Waals surface area contributed by atoms with Crippen molar-refractivity contribution in [2.24, 2.45) is 11.8 Å². The van der Waals surface area contributed by atoms with Crippen molar-refractivity contribution in [3.05, 3.63) is 35.9 Å². The van der Waals surface area contributed by atoms with Gasteiger partial charge in [0.2, 0.25) is 7.85 Å². The highest BCUT2D eigenvalue weighted by atomic mass is 28.4. The maximum Gasteiger partial charge on any atom is 0.336 e. The number of rotatable bonds is 10. The summed E-state index contributed by atoms with van der Waals surface area (Å²) in [6, 6.07) is 9.46. The van der Waals surface area contributed by atoms with Gasteiger partial charge < -0.3 is 14.6 Å². The molecule has 4 atom stereocenters. The Kier molecular flexibility index (Phi) is 9.97. The summed E-state index contributed by atoms with van der Waals surface area (Å²) in [7, 11) is 3.34. The first-order chi connectivity index (χ1) is 17.8. The van der Waals surface area contributed by atoms with Crippen LogP contribution in [-0.2, 0) is 30.1 Å². The summed E-state index contributed by atoms with van der Waals surface area (Å²) in [6.07, 6.45) is 3.98. The fourth-order valence-corrected chi connectivity index (χ4v) is 6.46. The molecule has 2 radical (unpaired) electrons. The molecule has 1 aliphatic heterocycles. The minimum Gasteiger partial charge on any atom is -0.412 e. The molecule has 3 amide bonds. The van der Waals surface area contributed by atoms with E-state index >= 15 is 0 Å². The molecule has 8 nitrogen and oxygen atoms in total. The van der Waals surface area contributed by atoms with Gasteiger partial charge in [0.1, 0.15) is 0 Å². The van der Waals surface area contributed by atoms with E-state index in [0.717, 1.165) is 24.8 Å². The number of nitrogens with zero attached hydrogens (tertiary/aromatic N) is 1. The third kappa shape index (κ3) is 7.79. The third-order valence-electron chi connectivity index (χ3n) is 8.26. The van der Waals surface area contributed by atoms with Gasteiger partial charge in [-0.25, -0.2) is 4.79 Å². The summed E-state index contributed by atoms with van der Waals surface area (Å²) in [5.41, 5.74) is 1.04. The topological polar surface area (TPSA) is 102 Å². The van der Waals surface area contributed by atoms with Crippen LogP contribution in [0.25, 0.3) is 0 Å². The lowest BCUT2D eigenvalue weighted by molar-refractivity contribution is -0.202. The molecule has 0 spiro atoms. The Hall–Kier alpha value is -2.46. The number of imide groups is 1.